The molecule has 20 heavy (non-hydrogen) atoms. The summed E-state index contributed by atoms with van der Waals surface area (Å²) in [4.78, 5) is 4.39. The Morgan fingerprint density at radius 1 is 1.20 bits per heavy atom. The Morgan fingerprint density at radius 3 is 2.75 bits per heavy atom. The topological polar surface area (TPSA) is 59.9 Å². The smallest absolute Gasteiger partial charge is 0.194 e. The summed E-state index contributed by atoms with van der Waals surface area (Å²) in [6, 6.07) is 10.0. The monoisotopic (exact) mass is 292 g/mol. The fraction of sp³-hybridized carbons (Fsp3) is 0.357. The van der Waals surface area contributed by atoms with Crippen LogP contribution in [0.2, 0.25) is 5.15 Å². The van der Waals surface area contributed by atoms with Crippen LogP contribution >= 0.6 is 11.6 Å². The molecule has 0 spiro atoms. The van der Waals surface area contributed by atoms with Gasteiger partial charge in [0.25, 0.3) is 0 Å². The Hall–Kier alpha value is -1.72. The maximum atomic E-state index is 6.00. The summed E-state index contributed by atoms with van der Waals surface area (Å²) in [5, 5.41) is 11.4. The van der Waals surface area contributed by atoms with Crippen molar-refractivity contribution in [1.82, 2.24) is 15.2 Å². The van der Waals surface area contributed by atoms with Gasteiger partial charge in [0.15, 0.2) is 16.8 Å². The molecule has 0 unspecified atom stereocenters. The Kier molecular flexibility index (Phi) is 5.70. The Morgan fingerprint density at radius 2 is 2.00 bits per heavy atom. The summed E-state index contributed by atoms with van der Waals surface area (Å²) in [5.41, 5.74) is 1.16. The number of methoxy groups -OCH3 is 1. The summed E-state index contributed by atoms with van der Waals surface area (Å²) in [7, 11) is 1.67. The van der Waals surface area contributed by atoms with E-state index in [1.165, 1.54) is 0 Å². The lowest BCUT2D eigenvalue weighted by molar-refractivity contribution is 0.194. The van der Waals surface area contributed by atoms with Gasteiger partial charge >= 0.3 is 0 Å². The molecule has 1 aromatic carbocycles. The van der Waals surface area contributed by atoms with Crippen molar-refractivity contribution in [1.29, 1.82) is 0 Å². The van der Waals surface area contributed by atoms with Crippen LogP contribution in [0.3, 0.4) is 0 Å². The molecule has 0 saturated heterocycles. The number of aryl methyl sites for hydroxylation is 1. The lowest BCUT2D eigenvalue weighted by Crippen LogP contribution is -2.07. The molecule has 2 aromatic rings. The number of ether oxygens (including phenoxy) is 1. The maximum absolute atomic E-state index is 6.00. The van der Waals surface area contributed by atoms with E-state index in [0.29, 0.717) is 24.8 Å². The van der Waals surface area contributed by atoms with E-state index >= 15 is 0 Å². The lowest BCUT2D eigenvalue weighted by atomic mass is 10.2. The third kappa shape index (κ3) is 4.43. The van der Waals surface area contributed by atoms with Gasteiger partial charge in [-0.15, -0.1) is 10.2 Å². The Labute approximate surface area is 123 Å². The molecule has 6 heteroatoms. The van der Waals surface area contributed by atoms with Gasteiger partial charge in [-0.3, -0.25) is 0 Å². The van der Waals surface area contributed by atoms with Crippen molar-refractivity contribution < 1.29 is 4.74 Å². The molecule has 5 nitrogen and oxygen atoms in total. The first-order valence-corrected chi connectivity index (χ1v) is 6.83. The van der Waals surface area contributed by atoms with Crippen molar-refractivity contribution in [3.8, 4) is 0 Å². The van der Waals surface area contributed by atoms with Gasteiger partial charge in [-0.2, -0.15) is 0 Å². The van der Waals surface area contributed by atoms with Crippen LogP contribution in [0.1, 0.15) is 17.8 Å². The highest BCUT2D eigenvalue weighted by Gasteiger charge is 2.07. The van der Waals surface area contributed by atoms with Gasteiger partial charge in [-0.1, -0.05) is 41.9 Å². The van der Waals surface area contributed by atoms with Gasteiger partial charge in [0, 0.05) is 26.7 Å². The van der Waals surface area contributed by atoms with Gasteiger partial charge in [0.2, 0.25) is 0 Å². The van der Waals surface area contributed by atoms with Crippen LogP contribution in [-0.4, -0.2) is 28.9 Å². The molecular weight excluding hydrogens is 276 g/mol. The summed E-state index contributed by atoms with van der Waals surface area (Å²) in [6.45, 7) is 1.33. The fourth-order valence-corrected chi connectivity index (χ4v) is 1.87. The predicted octanol–water partition coefficient (Wildman–Crippen LogP) is 2.72. The fourth-order valence-electron chi connectivity index (χ4n) is 1.72. The van der Waals surface area contributed by atoms with Gasteiger partial charge in [0.05, 0.1) is 0 Å². The number of hydrogen-bond donors (Lipinski definition) is 1. The highest BCUT2D eigenvalue weighted by molar-refractivity contribution is 6.31. The number of hydrogen-bond acceptors (Lipinski definition) is 5. The molecule has 0 saturated carbocycles. The molecule has 106 valence electrons. The molecule has 0 fully saturated rings. The highest BCUT2D eigenvalue weighted by atomic mass is 35.5. The summed E-state index contributed by atoms with van der Waals surface area (Å²) in [5.74, 6) is 1.24. The van der Waals surface area contributed by atoms with E-state index in [1.807, 2.05) is 30.3 Å². The second kappa shape index (κ2) is 7.77. The van der Waals surface area contributed by atoms with Crippen molar-refractivity contribution in [3.05, 3.63) is 46.9 Å². The van der Waals surface area contributed by atoms with Crippen LogP contribution < -0.4 is 5.32 Å². The van der Waals surface area contributed by atoms with Crippen LogP contribution in [-0.2, 0) is 17.7 Å². The van der Waals surface area contributed by atoms with E-state index in [9.17, 15) is 0 Å². The van der Waals surface area contributed by atoms with Crippen LogP contribution in [0.25, 0.3) is 0 Å². The van der Waals surface area contributed by atoms with Crippen LogP contribution in [0.5, 0.6) is 0 Å². The predicted molar refractivity (Wildman–Crippen MR) is 78.8 cm³/mol. The quantitative estimate of drug-likeness (QED) is 0.795. The first kappa shape index (κ1) is 14.7. The number of benzene rings is 1. The number of nitrogens with one attached hydrogen (secondary N) is 1. The van der Waals surface area contributed by atoms with Crippen molar-refractivity contribution in [2.24, 2.45) is 0 Å². The average Bonchev–Trinajstić information content (AvgIpc) is 2.49. The normalized spacial score (nSPS) is 10.5. The molecule has 1 N–H and O–H groups in total. The minimum absolute atomic E-state index is 0.288. The van der Waals surface area contributed by atoms with Crippen molar-refractivity contribution in [2.45, 2.75) is 19.4 Å². The van der Waals surface area contributed by atoms with Crippen LogP contribution in [0.4, 0.5) is 5.82 Å². The van der Waals surface area contributed by atoms with Crippen LogP contribution in [0.15, 0.2) is 30.3 Å². The van der Waals surface area contributed by atoms with Gasteiger partial charge < -0.3 is 10.1 Å². The summed E-state index contributed by atoms with van der Waals surface area (Å²) < 4.78 is 5.01. The molecular formula is C14H17ClN4O. The molecule has 0 atom stereocenters. The molecule has 1 aromatic heterocycles. The zero-order valence-corrected chi connectivity index (χ0v) is 12.1. The Balaban J connectivity index is 1.97. The highest BCUT2D eigenvalue weighted by Crippen LogP contribution is 2.16. The molecule has 1 heterocycles. The first-order valence-electron chi connectivity index (χ1n) is 6.45. The minimum Gasteiger partial charge on any atom is -0.385 e. The number of rotatable bonds is 7. The van der Waals surface area contributed by atoms with E-state index < -0.39 is 0 Å². The zero-order chi connectivity index (χ0) is 14.2. The maximum Gasteiger partial charge on any atom is 0.194 e. The minimum atomic E-state index is 0.288. The lowest BCUT2D eigenvalue weighted by Gasteiger charge is -2.08. The first-order chi connectivity index (χ1) is 9.79. The standard InChI is InChI=1S/C14H17ClN4O/c1-20-9-5-8-12-17-14(13(15)19-18-12)16-10-11-6-3-2-4-7-11/h2-4,6-7H,5,8-10H2,1H3,(H,16,17,18). The van der Waals surface area contributed by atoms with Gasteiger partial charge in [-0.25, -0.2) is 4.98 Å². The third-order valence-corrected chi connectivity index (χ3v) is 3.00. The molecule has 2 rings (SSSR count). The average molecular weight is 293 g/mol. The zero-order valence-electron chi connectivity index (χ0n) is 11.3. The largest absolute Gasteiger partial charge is 0.385 e. The van der Waals surface area contributed by atoms with E-state index in [4.69, 9.17) is 16.3 Å². The SMILES string of the molecule is COCCCc1nnc(Cl)c(NCc2ccccc2)n1. The second-order valence-electron chi connectivity index (χ2n) is 4.30. The molecule has 0 aliphatic rings. The molecule has 0 aliphatic carbocycles. The summed E-state index contributed by atoms with van der Waals surface area (Å²) >= 11 is 6.00. The second-order valence-corrected chi connectivity index (χ2v) is 4.66. The number of nitrogens with zero attached hydrogens (tertiary/aromatic N) is 3. The van der Waals surface area contributed by atoms with Gasteiger partial charge in [0.1, 0.15) is 0 Å². The Bertz CT molecular complexity index is 536. The molecule has 0 radical (unpaired) electrons. The van der Waals surface area contributed by atoms with Gasteiger partial charge in [-0.05, 0) is 12.0 Å². The number of halogens is 1. The van der Waals surface area contributed by atoms with E-state index in [0.717, 1.165) is 18.4 Å². The van der Waals surface area contributed by atoms with E-state index in [-0.39, 0.29) is 5.15 Å². The van der Waals surface area contributed by atoms with Crippen molar-refractivity contribution in [3.63, 3.8) is 0 Å². The third-order valence-electron chi connectivity index (χ3n) is 2.74. The van der Waals surface area contributed by atoms with Crippen molar-refractivity contribution in [2.75, 3.05) is 19.0 Å². The van der Waals surface area contributed by atoms with E-state index in [1.54, 1.807) is 7.11 Å². The van der Waals surface area contributed by atoms with E-state index in [2.05, 4.69) is 20.5 Å². The molecule has 0 aliphatic heterocycles. The molecule has 0 bridgehead atoms. The van der Waals surface area contributed by atoms with Crippen LogP contribution in [0, 0.1) is 0 Å². The van der Waals surface area contributed by atoms with Crippen molar-refractivity contribution >= 4 is 17.4 Å². The molecule has 0 amide bonds. The summed E-state index contributed by atoms with van der Waals surface area (Å²) in [6.07, 6.45) is 1.58. The number of aromatic nitrogens is 3. The number of anilines is 1.